The molecule has 188 valence electrons. The van der Waals surface area contributed by atoms with Gasteiger partial charge in [0.05, 0.1) is 24.7 Å². The van der Waals surface area contributed by atoms with Crippen LogP contribution >= 0.6 is 23.8 Å². The third kappa shape index (κ3) is 4.51. The molecule has 2 aromatic heterocycles. The van der Waals surface area contributed by atoms with Gasteiger partial charge in [0, 0.05) is 22.7 Å². The van der Waals surface area contributed by atoms with Crippen molar-refractivity contribution in [2.24, 2.45) is 0 Å². The Labute approximate surface area is 207 Å². The molecule has 11 nitrogen and oxygen atoms in total. The first kappa shape index (κ1) is 24.7. The quantitative estimate of drug-likeness (QED) is 0.388. The molecule has 35 heavy (non-hydrogen) atoms. The van der Waals surface area contributed by atoms with Gasteiger partial charge in [0.2, 0.25) is 0 Å². The van der Waals surface area contributed by atoms with E-state index in [1.165, 1.54) is 23.9 Å². The number of hydrogen-bond donors (Lipinski definition) is 3. The number of aliphatic hydroxyl groups excluding tert-OH is 1. The van der Waals surface area contributed by atoms with Crippen LogP contribution in [0, 0.1) is 5.82 Å². The van der Waals surface area contributed by atoms with Crippen molar-refractivity contribution in [2.45, 2.75) is 43.5 Å². The maximum absolute atomic E-state index is 14.3. The van der Waals surface area contributed by atoms with Crippen molar-refractivity contribution in [1.82, 2.24) is 14.5 Å². The summed E-state index contributed by atoms with van der Waals surface area (Å²) in [6.07, 6.45) is -1.26. The van der Waals surface area contributed by atoms with Crippen LogP contribution in [0.15, 0.2) is 41.3 Å². The molecular weight excluding hydrogens is 550 g/mol. The lowest BCUT2D eigenvalue weighted by atomic mass is 9.96. The van der Waals surface area contributed by atoms with Crippen LogP contribution < -0.4 is 5.73 Å². The van der Waals surface area contributed by atoms with Gasteiger partial charge in [-0.25, -0.2) is 18.9 Å². The number of aliphatic hydroxyl groups is 2. The zero-order valence-electron chi connectivity index (χ0n) is 18.5. The molecule has 5 rings (SSSR count). The van der Waals surface area contributed by atoms with Crippen LogP contribution in [0.5, 0.6) is 0 Å². The highest BCUT2D eigenvalue weighted by atomic mass is 79.9. The van der Waals surface area contributed by atoms with Gasteiger partial charge >= 0.3 is 7.82 Å². The van der Waals surface area contributed by atoms with Crippen molar-refractivity contribution in [1.29, 1.82) is 0 Å². The van der Waals surface area contributed by atoms with Crippen molar-refractivity contribution >= 4 is 40.6 Å². The van der Waals surface area contributed by atoms with E-state index in [0.717, 1.165) is 0 Å². The highest BCUT2D eigenvalue weighted by molar-refractivity contribution is 9.10. The van der Waals surface area contributed by atoms with Crippen LogP contribution in [0.1, 0.15) is 31.2 Å². The first-order valence-corrected chi connectivity index (χ1v) is 13.0. The molecule has 0 unspecified atom stereocenters. The Kier molecular flexibility index (Phi) is 6.47. The van der Waals surface area contributed by atoms with Crippen LogP contribution in [0.4, 0.5) is 10.2 Å². The summed E-state index contributed by atoms with van der Waals surface area (Å²) in [6.45, 7) is 0.994. The van der Waals surface area contributed by atoms with Crippen molar-refractivity contribution < 1.29 is 37.5 Å². The maximum Gasteiger partial charge on any atom is 0.475 e. The lowest BCUT2D eigenvalue weighted by Gasteiger charge is -2.30. The predicted molar refractivity (Wildman–Crippen MR) is 125 cm³/mol. The lowest BCUT2D eigenvalue weighted by molar-refractivity contribution is -0.0951. The van der Waals surface area contributed by atoms with Crippen molar-refractivity contribution in [3.63, 3.8) is 0 Å². The van der Waals surface area contributed by atoms with Crippen LogP contribution in [0.3, 0.4) is 0 Å². The standard InChI is InChI=1S/C21H23BrFN4O7P/c1-21(29)17(28)16(33-20(21)27-6-4-12-18(24)25-10-26-19(12)27)9-32-35(30)31-7-5-15(34-35)13-8-11(22)2-3-14(13)23/h2-4,6,8,10,15-17,20,28-29H,5,7,9H2,1H3,(H2,24,25,26)/t15-,16+,17+,20+,21+,35+/m0/s1. The summed E-state index contributed by atoms with van der Waals surface area (Å²) in [4.78, 5) is 8.13. The fraction of sp³-hybridized carbons (Fsp3) is 0.429. The molecular formula is C21H23BrFN4O7P. The molecule has 14 heteroatoms. The number of nitrogens with two attached hydrogens (primary N) is 1. The highest BCUT2D eigenvalue weighted by Crippen LogP contribution is 2.57. The van der Waals surface area contributed by atoms with E-state index in [4.69, 9.17) is 24.0 Å². The smallest absolute Gasteiger partial charge is 0.387 e. The molecule has 0 spiro atoms. The summed E-state index contributed by atoms with van der Waals surface area (Å²) >= 11 is 3.29. The Balaban J connectivity index is 1.32. The molecule has 6 atom stereocenters. The van der Waals surface area contributed by atoms with Crippen molar-refractivity contribution in [2.75, 3.05) is 18.9 Å². The second kappa shape index (κ2) is 9.16. The maximum atomic E-state index is 14.3. The van der Waals surface area contributed by atoms with E-state index in [1.54, 1.807) is 24.4 Å². The minimum atomic E-state index is -4.11. The van der Waals surface area contributed by atoms with Crippen LogP contribution in [-0.2, 0) is 22.9 Å². The minimum absolute atomic E-state index is 0.0127. The van der Waals surface area contributed by atoms with E-state index in [-0.39, 0.29) is 24.4 Å². The molecule has 0 aliphatic carbocycles. The molecule has 0 saturated carbocycles. The Morgan fingerprint density at radius 2 is 2.20 bits per heavy atom. The summed E-state index contributed by atoms with van der Waals surface area (Å²) in [5.41, 5.74) is 4.74. The Morgan fingerprint density at radius 1 is 1.40 bits per heavy atom. The number of halogens is 2. The molecule has 2 aliphatic heterocycles. The van der Waals surface area contributed by atoms with E-state index in [9.17, 15) is 19.2 Å². The molecule has 2 aliphatic rings. The van der Waals surface area contributed by atoms with Crippen molar-refractivity contribution in [3.05, 3.63) is 52.6 Å². The van der Waals surface area contributed by atoms with E-state index < -0.39 is 50.4 Å². The summed E-state index contributed by atoms with van der Waals surface area (Å²) in [6, 6.07) is 6.03. The molecule has 2 fully saturated rings. The average molecular weight is 573 g/mol. The van der Waals surface area contributed by atoms with Gasteiger partial charge in [-0.2, -0.15) is 0 Å². The van der Waals surface area contributed by atoms with Gasteiger partial charge < -0.3 is 25.3 Å². The largest absolute Gasteiger partial charge is 0.475 e. The average Bonchev–Trinajstić information content (AvgIpc) is 3.34. The van der Waals surface area contributed by atoms with Gasteiger partial charge in [0.15, 0.2) is 6.23 Å². The van der Waals surface area contributed by atoms with Gasteiger partial charge in [-0.05, 0) is 31.2 Å². The van der Waals surface area contributed by atoms with Gasteiger partial charge in [-0.1, -0.05) is 15.9 Å². The van der Waals surface area contributed by atoms with Gasteiger partial charge in [0.25, 0.3) is 0 Å². The molecule has 0 amide bonds. The second-order valence-electron chi connectivity index (χ2n) is 8.54. The SMILES string of the molecule is C[C@@]1(O)[C@H](O)[C@@H](CO[P@@]2(=O)OCC[C@@H](c3cc(Br)ccc3F)O2)O[C@H]1n1ccc2c(N)ncnc21. The van der Waals surface area contributed by atoms with Crippen LogP contribution in [-0.4, -0.2) is 55.8 Å². The third-order valence-electron chi connectivity index (χ3n) is 6.13. The second-order valence-corrected chi connectivity index (χ2v) is 11.1. The molecule has 1 aromatic carbocycles. The number of anilines is 1. The minimum Gasteiger partial charge on any atom is -0.387 e. The third-order valence-corrected chi connectivity index (χ3v) is 8.10. The first-order chi connectivity index (χ1) is 16.6. The summed E-state index contributed by atoms with van der Waals surface area (Å²) in [5, 5.41) is 22.4. The highest BCUT2D eigenvalue weighted by Gasteiger charge is 2.54. The number of hydrogen-bond acceptors (Lipinski definition) is 10. The van der Waals surface area contributed by atoms with Gasteiger partial charge in [0.1, 0.15) is 41.4 Å². The Morgan fingerprint density at radius 3 is 3.00 bits per heavy atom. The number of phosphoric acid groups is 1. The van der Waals surface area contributed by atoms with Gasteiger partial charge in [-0.15, -0.1) is 0 Å². The summed E-state index contributed by atoms with van der Waals surface area (Å²) in [5.74, 6) is -0.253. The number of fused-ring (bicyclic) bond motifs is 1. The first-order valence-electron chi connectivity index (χ1n) is 10.7. The Bertz CT molecular complexity index is 1310. The van der Waals surface area contributed by atoms with E-state index in [2.05, 4.69) is 25.9 Å². The Hall–Kier alpha value is -1.96. The number of nitrogens with zero attached hydrogens (tertiary/aromatic N) is 3. The molecule has 3 aromatic rings. The molecule has 4 heterocycles. The number of ether oxygens (including phenoxy) is 1. The summed E-state index contributed by atoms with van der Waals surface area (Å²) < 4.78 is 51.7. The molecule has 0 bridgehead atoms. The monoisotopic (exact) mass is 572 g/mol. The van der Waals surface area contributed by atoms with E-state index in [0.29, 0.717) is 15.5 Å². The molecule has 2 saturated heterocycles. The zero-order valence-corrected chi connectivity index (χ0v) is 20.9. The van der Waals surface area contributed by atoms with E-state index >= 15 is 0 Å². The van der Waals surface area contributed by atoms with Crippen LogP contribution in [0.2, 0.25) is 0 Å². The summed E-state index contributed by atoms with van der Waals surface area (Å²) in [7, 11) is -4.11. The number of aromatic nitrogens is 3. The van der Waals surface area contributed by atoms with Crippen LogP contribution in [0.25, 0.3) is 11.0 Å². The zero-order chi connectivity index (χ0) is 25.0. The number of benzene rings is 1. The topological polar surface area (TPSA) is 151 Å². The van der Waals surface area contributed by atoms with Crippen molar-refractivity contribution in [3.8, 4) is 0 Å². The predicted octanol–water partition coefficient (Wildman–Crippen LogP) is 3.23. The normalized spacial score (nSPS) is 33.4. The lowest BCUT2D eigenvalue weighted by Crippen LogP contribution is -2.44. The molecule has 0 radical (unpaired) electrons. The fourth-order valence-corrected chi connectivity index (χ4v) is 6.04. The fourth-order valence-electron chi connectivity index (χ4n) is 4.27. The van der Waals surface area contributed by atoms with Gasteiger partial charge in [-0.3, -0.25) is 13.6 Å². The number of nitrogen functional groups attached to an aromatic ring is 1. The number of phosphoric ester groups is 1. The number of rotatable bonds is 5. The molecule has 4 N–H and O–H groups in total. The van der Waals surface area contributed by atoms with E-state index in [1.807, 2.05) is 0 Å².